The van der Waals surface area contributed by atoms with Crippen LogP contribution in [-0.2, 0) is 4.79 Å². The highest BCUT2D eigenvalue weighted by atomic mass is 79.9. The molecule has 0 saturated carbocycles. The summed E-state index contributed by atoms with van der Waals surface area (Å²) in [6, 6.07) is 19.8. The van der Waals surface area contributed by atoms with E-state index in [0.717, 1.165) is 38.5 Å². The van der Waals surface area contributed by atoms with Crippen LogP contribution in [0.25, 0.3) is 11.8 Å². The van der Waals surface area contributed by atoms with Gasteiger partial charge in [-0.25, -0.2) is 0 Å². The lowest BCUT2D eigenvalue weighted by Crippen LogP contribution is -2.21. The van der Waals surface area contributed by atoms with Gasteiger partial charge in [0.2, 0.25) is 0 Å². The van der Waals surface area contributed by atoms with Crippen molar-refractivity contribution in [3.05, 3.63) is 87.7 Å². The van der Waals surface area contributed by atoms with E-state index in [1.165, 1.54) is 5.01 Å². The third-order valence-electron chi connectivity index (χ3n) is 4.92. The largest absolute Gasteiger partial charge is 0.318 e. The molecule has 0 spiro atoms. The SMILES string of the molecule is CC1=NN(c2ccccc2)C(=O)/C1=C/c1cc(C)n(-c2ccc(Br)cc2)c1C. The molecule has 0 bridgehead atoms. The predicted molar refractivity (Wildman–Crippen MR) is 118 cm³/mol. The Morgan fingerprint density at radius 3 is 2.29 bits per heavy atom. The Morgan fingerprint density at radius 1 is 0.929 bits per heavy atom. The van der Waals surface area contributed by atoms with Crippen molar-refractivity contribution < 1.29 is 4.79 Å². The van der Waals surface area contributed by atoms with Gasteiger partial charge in [-0.3, -0.25) is 4.79 Å². The first-order chi connectivity index (χ1) is 13.5. The van der Waals surface area contributed by atoms with Gasteiger partial charge < -0.3 is 4.57 Å². The van der Waals surface area contributed by atoms with Crippen molar-refractivity contribution in [2.45, 2.75) is 20.8 Å². The molecule has 5 heteroatoms. The molecular weight excluding hydrogens is 414 g/mol. The number of halogens is 1. The molecule has 2 aromatic carbocycles. The van der Waals surface area contributed by atoms with Gasteiger partial charge in [0, 0.05) is 21.5 Å². The molecule has 140 valence electrons. The van der Waals surface area contributed by atoms with Gasteiger partial charge in [-0.15, -0.1) is 0 Å². The molecule has 0 fully saturated rings. The summed E-state index contributed by atoms with van der Waals surface area (Å²) in [7, 11) is 0. The van der Waals surface area contributed by atoms with Crippen LogP contribution in [0.1, 0.15) is 23.9 Å². The fourth-order valence-electron chi connectivity index (χ4n) is 3.51. The van der Waals surface area contributed by atoms with E-state index in [0.29, 0.717) is 5.57 Å². The molecule has 0 saturated heterocycles. The maximum absolute atomic E-state index is 13.0. The van der Waals surface area contributed by atoms with Crippen LogP contribution in [-0.4, -0.2) is 16.2 Å². The van der Waals surface area contributed by atoms with E-state index in [4.69, 9.17) is 0 Å². The minimum absolute atomic E-state index is 0.0999. The lowest BCUT2D eigenvalue weighted by atomic mass is 10.1. The second kappa shape index (κ2) is 7.24. The Labute approximate surface area is 172 Å². The Hall–Kier alpha value is -2.92. The number of para-hydroxylation sites is 1. The molecular formula is C23H20BrN3O. The van der Waals surface area contributed by atoms with Crippen molar-refractivity contribution in [3.63, 3.8) is 0 Å². The van der Waals surface area contributed by atoms with Crippen LogP contribution in [0, 0.1) is 13.8 Å². The summed E-state index contributed by atoms with van der Waals surface area (Å²) in [5.41, 5.74) is 6.45. The van der Waals surface area contributed by atoms with Crippen molar-refractivity contribution in [1.29, 1.82) is 0 Å². The molecule has 4 nitrogen and oxygen atoms in total. The highest BCUT2D eigenvalue weighted by molar-refractivity contribution is 9.10. The Kier molecular flexibility index (Phi) is 4.77. The van der Waals surface area contributed by atoms with Gasteiger partial charge in [-0.1, -0.05) is 34.1 Å². The van der Waals surface area contributed by atoms with Gasteiger partial charge in [0.05, 0.1) is 17.0 Å². The number of carbonyl (C=O) groups excluding carboxylic acids is 1. The quantitative estimate of drug-likeness (QED) is 0.490. The Morgan fingerprint density at radius 2 is 1.61 bits per heavy atom. The second-order valence-electron chi connectivity index (χ2n) is 6.83. The summed E-state index contributed by atoms with van der Waals surface area (Å²) < 4.78 is 3.24. The summed E-state index contributed by atoms with van der Waals surface area (Å²) in [6.07, 6.45) is 1.95. The van der Waals surface area contributed by atoms with Crippen LogP contribution in [0.2, 0.25) is 0 Å². The third-order valence-corrected chi connectivity index (χ3v) is 5.45. The zero-order valence-corrected chi connectivity index (χ0v) is 17.6. The lowest BCUT2D eigenvalue weighted by molar-refractivity contribution is -0.114. The maximum atomic E-state index is 13.0. The van der Waals surface area contributed by atoms with E-state index in [1.54, 1.807) is 0 Å². The van der Waals surface area contributed by atoms with E-state index in [-0.39, 0.29) is 5.91 Å². The number of rotatable bonds is 3. The topological polar surface area (TPSA) is 37.6 Å². The normalized spacial score (nSPS) is 15.4. The summed E-state index contributed by atoms with van der Waals surface area (Å²) in [5.74, 6) is -0.0999. The van der Waals surface area contributed by atoms with Gasteiger partial charge >= 0.3 is 0 Å². The summed E-state index contributed by atoms with van der Waals surface area (Å²) in [5, 5.41) is 5.93. The van der Waals surface area contributed by atoms with Crippen molar-refractivity contribution in [2.24, 2.45) is 5.10 Å². The minimum Gasteiger partial charge on any atom is -0.318 e. The number of hydrogen-bond acceptors (Lipinski definition) is 2. The first-order valence-corrected chi connectivity index (χ1v) is 9.86. The fraction of sp³-hybridized carbons (Fsp3) is 0.130. The average Bonchev–Trinajstić information content (AvgIpc) is 3.13. The number of hydrogen-bond donors (Lipinski definition) is 0. The van der Waals surface area contributed by atoms with Crippen molar-refractivity contribution >= 4 is 39.3 Å². The minimum atomic E-state index is -0.0999. The molecule has 0 atom stereocenters. The fourth-order valence-corrected chi connectivity index (χ4v) is 3.77. The standard InChI is InChI=1S/C23H20BrN3O/c1-15-13-18(17(3)26(15)20-11-9-19(24)10-12-20)14-22-16(2)25-27(23(22)28)21-7-5-4-6-8-21/h4-14H,1-3H3/b22-14+. The van der Waals surface area contributed by atoms with Crippen LogP contribution < -0.4 is 5.01 Å². The highest BCUT2D eigenvalue weighted by Crippen LogP contribution is 2.28. The number of anilines is 1. The van der Waals surface area contributed by atoms with E-state index in [2.05, 4.69) is 57.6 Å². The molecule has 1 aliphatic heterocycles. The molecule has 3 aromatic rings. The highest BCUT2D eigenvalue weighted by Gasteiger charge is 2.29. The van der Waals surface area contributed by atoms with Crippen LogP contribution in [0.4, 0.5) is 5.69 Å². The molecule has 2 heterocycles. The molecule has 0 aliphatic carbocycles. The lowest BCUT2D eigenvalue weighted by Gasteiger charge is -2.11. The van der Waals surface area contributed by atoms with Gasteiger partial charge in [0.25, 0.3) is 5.91 Å². The molecule has 28 heavy (non-hydrogen) atoms. The zero-order valence-electron chi connectivity index (χ0n) is 16.0. The van der Waals surface area contributed by atoms with Gasteiger partial charge in [-0.2, -0.15) is 10.1 Å². The third kappa shape index (κ3) is 3.22. The molecule has 1 aromatic heterocycles. The molecule has 0 unspecified atom stereocenters. The molecule has 1 amide bonds. The molecule has 1 aliphatic rings. The number of nitrogens with zero attached hydrogens (tertiary/aromatic N) is 3. The van der Waals surface area contributed by atoms with Gasteiger partial charge in [0.15, 0.2) is 0 Å². The monoisotopic (exact) mass is 433 g/mol. The smallest absolute Gasteiger partial charge is 0.280 e. The number of carbonyl (C=O) groups is 1. The van der Waals surface area contributed by atoms with Crippen molar-refractivity contribution in [1.82, 2.24) is 4.57 Å². The number of benzene rings is 2. The first kappa shape index (κ1) is 18.4. The van der Waals surface area contributed by atoms with Crippen LogP contribution in [0.3, 0.4) is 0 Å². The predicted octanol–water partition coefficient (Wildman–Crippen LogP) is 5.66. The zero-order chi connectivity index (χ0) is 19.8. The number of aromatic nitrogens is 1. The number of hydrazone groups is 1. The number of amides is 1. The molecule has 0 N–H and O–H groups in total. The Bertz CT molecular complexity index is 1110. The average molecular weight is 434 g/mol. The van der Waals surface area contributed by atoms with E-state index < -0.39 is 0 Å². The summed E-state index contributed by atoms with van der Waals surface area (Å²) >= 11 is 3.48. The maximum Gasteiger partial charge on any atom is 0.280 e. The number of aryl methyl sites for hydroxylation is 1. The van der Waals surface area contributed by atoms with E-state index in [9.17, 15) is 4.79 Å². The summed E-state index contributed by atoms with van der Waals surface area (Å²) in [4.78, 5) is 13.0. The van der Waals surface area contributed by atoms with Crippen molar-refractivity contribution in [2.75, 3.05) is 5.01 Å². The summed E-state index contributed by atoms with van der Waals surface area (Å²) in [6.45, 7) is 6.02. The van der Waals surface area contributed by atoms with Gasteiger partial charge in [-0.05, 0) is 74.9 Å². The molecule has 4 rings (SSSR count). The van der Waals surface area contributed by atoms with Crippen LogP contribution >= 0.6 is 15.9 Å². The van der Waals surface area contributed by atoms with Crippen LogP contribution in [0.5, 0.6) is 0 Å². The van der Waals surface area contributed by atoms with E-state index >= 15 is 0 Å². The molecule has 0 radical (unpaired) electrons. The van der Waals surface area contributed by atoms with Gasteiger partial charge in [0.1, 0.15) is 0 Å². The van der Waals surface area contributed by atoms with Crippen molar-refractivity contribution in [3.8, 4) is 5.69 Å². The second-order valence-corrected chi connectivity index (χ2v) is 7.75. The van der Waals surface area contributed by atoms with Crippen LogP contribution in [0.15, 0.2) is 75.8 Å². The van der Waals surface area contributed by atoms with E-state index in [1.807, 2.05) is 55.5 Å². The Balaban J connectivity index is 1.72. The first-order valence-electron chi connectivity index (χ1n) is 9.07.